The van der Waals surface area contributed by atoms with Gasteiger partial charge in [-0.2, -0.15) is 16.7 Å². The van der Waals surface area contributed by atoms with Crippen LogP contribution in [0.5, 0.6) is 0 Å². The summed E-state index contributed by atoms with van der Waals surface area (Å²) in [5, 5.41) is 3.90. The Kier molecular flexibility index (Phi) is 3.18. The average Bonchev–Trinajstić information content (AvgIpc) is 2.68. The predicted octanol–water partition coefficient (Wildman–Crippen LogP) is 1.42. The Balaban J connectivity index is 2.03. The van der Waals surface area contributed by atoms with Gasteiger partial charge < -0.3 is 9.32 Å². The van der Waals surface area contributed by atoms with Crippen LogP contribution in [0.3, 0.4) is 0 Å². The first-order chi connectivity index (χ1) is 6.90. The van der Waals surface area contributed by atoms with E-state index in [1.807, 2.05) is 11.8 Å². The Morgan fingerprint density at radius 1 is 1.50 bits per heavy atom. The molecule has 0 amide bonds. The summed E-state index contributed by atoms with van der Waals surface area (Å²) < 4.78 is 4.96. The van der Waals surface area contributed by atoms with Crippen molar-refractivity contribution in [2.24, 2.45) is 0 Å². The van der Waals surface area contributed by atoms with Crippen molar-refractivity contribution in [1.29, 1.82) is 0 Å². The van der Waals surface area contributed by atoms with Gasteiger partial charge in [0.25, 0.3) is 0 Å². The predicted molar refractivity (Wildman–Crippen MR) is 53.4 cm³/mol. The molecule has 1 saturated heterocycles. The third kappa shape index (κ3) is 2.15. The van der Waals surface area contributed by atoms with Crippen molar-refractivity contribution in [1.82, 2.24) is 10.1 Å². The Hall–Kier alpha value is -0.840. The molecular formula is C9H12N2O2S. The molecule has 0 N–H and O–H groups in total. The summed E-state index contributed by atoms with van der Waals surface area (Å²) in [4.78, 5) is 14.4. The van der Waals surface area contributed by atoms with Gasteiger partial charge in [-0.3, -0.25) is 0 Å². The standard InChI is InChI=1S/C9H12N2O2S/c12-4-1-8-10-9(11-13-8)7-2-5-14-6-3-7/h4,7H,1-3,5-6H2. The fourth-order valence-electron chi connectivity index (χ4n) is 1.54. The highest BCUT2D eigenvalue weighted by atomic mass is 32.2. The summed E-state index contributed by atoms with van der Waals surface area (Å²) in [6.45, 7) is 0. The van der Waals surface area contributed by atoms with Crippen LogP contribution in [0, 0.1) is 0 Å². The molecule has 0 saturated carbocycles. The lowest BCUT2D eigenvalue weighted by molar-refractivity contribution is -0.107. The van der Waals surface area contributed by atoms with Gasteiger partial charge in [0.15, 0.2) is 5.82 Å². The van der Waals surface area contributed by atoms with Crippen molar-refractivity contribution in [3.63, 3.8) is 0 Å². The minimum absolute atomic E-state index is 0.231. The monoisotopic (exact) mass is 212 g/mol. The number of aldehydes is 1. The quantitative estimate of drug-likeness (QED) is 0.709. The van der Waals surface area contributed by atoms with Crippen LogP contribution >= 0.6 is 11.8 Å². The molecule has 14 heavy (non-hydrogen) atoms. The molecule has 0 aromatic carbocycles. The van der Waals surface area contributed by atoms with Gasteiger partial charge in [0.2, 0.25) is 5.89 Å². The summed E-state index contributed by atoms with van der Waals surface area (Å²) in [6.07, 6.45) is 3.25. The van der Waals surface area contributed by atoms with Crippen molar-refractivity contribution in [2.45, 2.75) is 25.2 Å². The van der Waals surface area contributed by atoms with Crippen molar-refractivity contribution in [3.05, 3.63) is 11.7 Å². The summed E-state index contributed by atoms with van der Waals surface area (Å²) >= 11 is 1.97. The second-order valence-corrected chi connectivity index (χ2v) is 4.53. The summed E-state index contributed by atoms with van der Waals surface area (Å²) in [7, 11) is 0. The number of carbonyl (C=O) groups is 1. The highest BCUT2D eigenvalue weighted by Crippen LogP contribution is 2.29. The maximum atomic E-state index is 10.2. The largest absolute Gasteiger partial charge is 0.339 e. The fourth-order valence-corrected chi connectivity index (χ4v) is 2.65. The fraction of sp³-hybridized carbons (Fsp3) is 0.667. The van der Waals surface area contributed by atoms with E-state index in [1.54, 1.807) is 0 Å². The summed E-state index contributed by atoms with van der Waals surface area (Å²) in [6, 6.07) is 0. The van der Waals surface area contributed by atoms with E-state index in [1.165, 1.54) is 11.5 Å². The van der Waals surface area contributed by atoms with Gasteiger partial charge >= 0.3 is 0 Å². The maximum absolute atomic E-state index is 10.2. The molecule has 0 aliphatic carbocycles. The molecule has 0 atom stereocenters. The molecule has 1 aliphatic heterocycles. The summed E-state index contributed by atoms with van der Waals surface area (Å²) in [5.74, 6) is 3.99. The Bertz CT molecular complexity index is 308. The van der Waals surface area contributed by atoms with Crippen molar-refractivity contribution in [2.75, 3.05) is 11.5 Å². The zero-order valence-electron chi connectivity index (χ0n) is 7.81. The van der Waals surface area contributed by atoms with Crippen LogP contribution in [0.15, 0.2) is 4.52 Å². The van der Waals surface area contributed by atoms with E-state index in [2.05, 4.69) is 10.1 Å². The molecule has 1 aliphatic rings. The molecular weight excluding hydrogens is 200 g/mol. The smallest absolute Gasteiger partial charge is 0.233 e. The van der Waals surface area contributed by atoms with Gasteiger partial charge in [0.05, 0.1) is 6.42 Å². The SMILES string of the molecule is O=CCc1nc(C2CCSCC2)no1. The van der Waals surface area contributed by atoms with E-state index in [9.17, 15) is 4.79 Å². The van der Waals surface area contributed by atoms with E-state index in [0.29, 0.717) is 11.8 Å². The van der Waals surface area contributed by atoms with E-state index in [0.717, 1.165) is 25.0 Å². The van der Waals surface area contributed by atoms with E-state index < -0.39 is 0 Å². The lowest BCUT2D eigenvalue weighted by Gasteiger charge is -2.17. The zero-order valence-corrected chi connectivity index (χ0v) is 8.63. The van der Waals surface area contributed by atoms with Crippen LogP contribution in [-0.2, 0) is 11.2 Å². The number of hydrogen-bond acceptors (Lipinski definition) is 5. The normalized spacial score (nSPS) is 18.3. The van der Waals surface area contributed by atoms with Gasteiger partial charge in [0.1, 0.15) is 6.29 Å². The van der Waals surface area contributed by atoms with Gasteiger partial charge in [-0.15, -0.1) is 0 Å². The summed E-state index contributed by atoms with van der Waals surface area (Å²) in [5.41, 5.74) is 0. The molecule has 2 heterocycles. The molecule has 0 unspecified atom stereocenters. The molecule has 76 valence electrons. The van der Waals surface area contributed by atoms with Crippen molar-refractivity contribution < 1.29 is 9.32 Å². The van der Waals surface area contributed by atoms with Crippen molar-refractivity contribution in [3.8, 4) is 0 Å². The van der Waals surface area contributed by atoms with Crippen LogP contribution < -0.4 is 0 Å². The molecule has 2 rings (SSSR count). The number of hydrogen-bond donors (Lipinski definition) is 0. The van der Waals surface area contributed by atoms with E-state index >= 15 is 0 Å². The van der Waals surface area contributed by atoms with E-state index in [-0.39, 0.29) is 6.42 Å². The zero-order chi connectivity index (χ0) is 9.80. The molecule has 5 heteroatoms. The van der Waals surface area contributed by atoms with Crippen LogP contribution in [0.4, 0.5) is 0 Å². The second kappa shape index (κ2) is 4.59. The average molecular weight is 212 g/mol. The number of aromatic nitrogens is 2. The molecule has 1 fully saturated rings. The Labute approximate surface area is 86.4 Å². The lowest BCUT2D eigenvalue weighted by Crippen LogP contribution is -2.09. The first-order valence-corrected chi connectivity index (χ1v) is 5.89. The Morgan fingerprint density at radius 2 is 2.29 bits per heavy atom. The van der Waals surface area contributed by atoms with Crippen LogP contribution in [0.1, 0.15) is 30.5 Å². The topological polar surface area (TPSA) is 56.0 Å². The number of nitrogens with zero attached hydrogens (tertiary/aromatic N) is 2. The highest BCUT2D eigenvalue weighted by Gasteiger charge is 2.20. The molecule has 1 aromatic rings. The highest BCUT2D eigenvalue weighted by molar-refractivity contribution is 7.99. The molecule has 0 spiro atoms. The Morgan fingerprint density at radius 3 is 3.00 bits per heavy atom. The van der Waals surface area contributed by atoms with Gasteiger partial charge in [-0.05, 0) is 24.3 Å². The lowest BCUT2D eigenvalue weighted by atomic mass is 10.0. The second-order valence-electron chi connectivity index (χ2n) is 3.30. The molecule has 1 aromatic heterocycles. The number of rotatable bonds is 3. The van der Waals surface area contributed by atoms with Crippen molar-refractivity contribution >= 4 is 18.0 Å². The molecule has 0 radical (unpaired) electrons. The minimum Gasteiger partial charge on any atom is -0.339 e. The number of carbonyl (C=O) groups excluding carboxylic acids is 1. The van der Waals surface area contributed by atoms with Gasteiger partial charge in [-0.1, -0.05) is 5.16 Å². The molecule has 4 nitrogen and oxygen atoms in total. The van der Waals surface area contributed by atoms with E-state index in [4.69, 9.17) is 4.52 Å². The first kappa shape index (κ1) is 9.71. The van der Waals surface area contributed by atoms with Crippen LogP contribution in [0.25, 0.3) is 0 Å². The van der Waals surface area contributed by atoms with Gasteiger partial charge in [0, 0.05) is 5.92 Å². The first-order valence-electron chi connectivity index (χ1n) is 4.74. The van der Waals surface area contributed by atoms with Crippen LogP contribution in [-0.4, -0.2) is 27.9 Å². The number of thioether (sulfide) groups is 1. The minimum atomic E-state index is 0.231. The third-order valence-electron chi connectivity index (χ3n) is 2.33. The third-order valence-corrected chi connectivity index (χ3v) is 3.38. The van der Waals surface area contributed by atoms with Gasteiger partial charge in [-0.25, -0.2) is 0 Å². The van der Waals surface area contributed by atoms with Crippen LogP contribution in [0.2, 0.25) is 0 Å². The molecule has 0 bridgehead atoms. The maximum Gasteiger partial charge on any atom is 0.233 e.